The van der Waals surface area contributed by atoms with E-state index >= 15 is 0 Å². The summed E-state index contributed by atoms with van der Waals surface area (Å²) in [6, 6.07) is 10.6. The first-order valence-electron chi connectivity index (χ1n) is 13.9. The molecule has 198 valence electrons. The number of benzene rings is 1. The second-order valence-electron chi connectivity index (χ2n) is 11.8. The number of amides is 1. The van der Waals surface area contributed by atoms with E-state index in [2.05, 4.69) is 64.4 Å². The van der Waals surface area contributed by atoms with E-state index in [1.807, 2.05) is 18.7 Å². The number of ketones is 1. The maximum Gasteiger partial charge on any atom is 0.222 e. The van der Waals surface area contributed by atoms with Crippen LogP contribution >= 0.6 is 0 Å². The van der Waals surface area contributed by atoms with E-state index in [1.165, 1.54) is 5.56 Å². The monoisotopic (exact) mass is 503 g/mol. The highest BCUT2D eigenvalue weighted by Gasteiger charge is 2.48. The van der Waals surface area contributed by atoms with Gasteiger partial charge in [0.05, 0.1) is 23.0 Å². The Kier molecular flexibility index (Phi) is 7.72. The maximum atomic E-state index is 14.0. The first-order chi connectivity index (χ1) is 17.8. The fourth-order valence-corrected chi connectivity index (χ4v) is 6.83. The molecule has 3 fully saturated rings. The van der Waals surface area contributed by atoms with Gasteiger partial charge in [0.1, 0.15) is 6.33 Å². The number of likely N-dealkylation sites (tertiary alicyclic amines) is 2. The zero-order chi connectivity index (χ0) is 26.1. The van der Waals surface area contributed by atoms with Crippen LogP contribution in [0.15, 0.2) is 36.7 Å². The molecule has 4 atom stereocenters. The molecule has 4 heterocycles. The number of nitrogens with zero attached hydrogens (tertiary/aromatic N) is 4. The summed E-state index contributed by atoms with van der Waals surface area (Å²) in [5.74, 6) is 2.51. The van der Waals surface area contributed by atoms with E-state index in [1.54, 1.807) is 6.33 Å². The Morgan fingerprint density at radius 2 is 1.73 bits per heavy atom. The molecule has 3 aliphatic rings. The van der Waals surface area contributed by atoms with Crippen molar-refractivity contribution in [3.8, 4) is 0 Å². The Balaban J connectivity index is 1.32. The third-order valence-electron chi connectivity index (χ3n) is 8.77. The number of Topliss-reactive ketones (excluding diaryl/α,β-unsaturated/α-hetero) is 1. The van der Waals surface area contributed by atoms with Crippen molar-refractivity contribution in [3.63, 3.8) is 0 Å². The number of fused-ring (bicyclic) bond motifs is 1. The number of hydrogen-bond acceptors (Lipinski definition) is 6. The van der Waals surface area contributed by atoms with Gasteiger partial charge in [-0.25, -0.2) is 9.97 Å². The maximum absolute atomic E-state index is 14.0. The lowest BCUT2D eigenvalue weighted by Gasteiger charge is -2.44. The van der Waals surface area contributed by atoms with E-state index in [0.29, 0.717) is 41.6 Å². The molecule has 1 aromatic heterocycles. The lowest BCUT2D eigenvalue weighted by Crippen LogP contribution is -2.52. The van der Waals surface area contributed by atoms with E-state index in [-0.39, 0.29) is 17.7 Å². The molecule has 7 heteroatoms. The summed E-state index contributed by atoms with van der Waals surface area (Å²) in [7, 11) is 0. The highest BCUT2D eigenvalue weighted by atomic mass is 16.2. The topological polar surface area (TPSA) is 78.4 Å². The molecule has 0 aliphatic carbocycles. The van der Waals surface area contributed by atoms with Crippen LogP contribution in [0.4, 0.5) is 0 Å². The molecular formula is C30H41N5O2. The number of aromatic nitrogens is 2. The van der Waals surface area contributed by atoms with Gasteiger partial charge in [-0.05, 0) is 62.6 Å². The van der Waals surface area contributed by atoms with Gasteiger partial charge in [0.25, 0.3) is 0 Å². The summed E-state index contributed by atoms with van der Waals surface area (Å²) >= 11 is 0. The number of carbonyl (C=O) groups is 2. The van der Waals surface area contributed by atoms with Crippen LogP contribution in [0.2, 0.25) is 0 Å². The summed E-state index contributed by atoms with van der Waals surface area (Å²) in [6.07, 6.45) is 3.16. The van der Waals surface area contributed by atoms with Crippen LogP contribution < -0.4 is 5.32 Å². The summed E-state index contributed by atoms with van der Waals surface area (Å²) in [5.41, 5.74) is 3.59. The molecule has 0 radical (unpaired) electrons. The van der Waals surface area contributed by atoms with E-state index in [4.69, 9.17) is 0 Å². The summed E-state index contributed by atoms with van der Waals surface area (Å²) in [5, 5.41) is 3.52. The van der Waals surface area contributed by atoms with Gasteiger partial charge in [0, 0.05) is 38.5 Å². The number of rotatable bonds is 9. The van der Waals surface area contributed by atoms with Crippen LogP contribution in [0.25, 0.3) is 0 Å². The van der Waals surface area contributed by atoms with E-state index in [0.717, 1.165) is 57.1 Å². The van der Waals surface area contributed by atoms with Crippen molar-refractivity contribution in [2.24, 2.45) is 23.7 Å². The van der Waals surface area contributed by atoms with Crippen LogP contribution in [0, 0.1) is 37.5 Å². The Hall–Kier alpha value is -2.64. The van der Waals surface area contributed by atoms with Crippen molar-refractivity contribution in [2.75, 3.05) is 39.3 Å². The minimum absolute atomic E-state index is 0.134. The lowest BCUT2D eigenvalue weighted by atomic mass is 9.78. The highest BCUT2D eigenvalue weighted by Crippen LogP contribution is 2.39. The predicted octanol–water partition coefficient (Wildman–Crippen LogP) is 3.47. The number of hydrogen-bond donors (Lipinski definition) is 1. The van der Waals surface area contributed by atoms with Gasteiger partial charge >= 0.3 is 0 Å². The Morgan fingerprint density at radius 3 is 2.41 bits per heavy atom. The molecule has 0 spiro atoms. The van der Waals surface area contributed by atoms with Crippen LogP contribution in [0.1, 0.15) is 59.9 Å². The quantitative estimate of drug-likeness (QED) is 0.528. The smallest absolute Gasteiger partial charge is 0.222 e. The number of nitrogens with one attached hydrogen (secondary N) is 1. The average molecular weight is 504 g/mol. The molecule has 37 heavy (non-hydrogen) atoms. The van der Waals surface area contributed by atoms with Crippen molar-refractivity contribution < 1.29 is 9.59 Å². The summed E-state index contributed by atoms with van der Waals surface area (Å²) in [6.45, 7) is 13.4. The molecule has 5 rings (SSSR count). The first kappa shape index (κ1) is 26.0. The normalized spacial score (nSPS) is 24.8. The van der Waals surface area contributed by atoms with Gasteiger partial charge in [-0.3, -0.25) is 14.5 Å². The SMILES string of the molecule is Cc1ncnc(C)c1C(=O)[C@@H]1C2CNCC2CN1CCC(c1ccccc1)C1CN(C(=O)CC(C)C)C1. The highest BCUT2D eigenvalue weighted by molar-refractivity contribution is 6.02. The number of carbonyl (C=O) groups excluding carboxylic acids is 2. The number of aryl methyl sites for hydroxylation is 2. The van der Waals surface area contributed by atoms with Crippen LogP contribution in [0.3, 0.4) is 0 Å². The summed E-state index contributed by atoms with van der Waals surface area (Å²) in [4.78, 5) is 39.7. The standard InChI is InChI=1S/C30H41N5O2/c1-19(2)12-27(36)35-16-24(17-35)25(22-8-6-5-7-9-22)10-11-34-15-23-13-31-14-26(23)29(34)30(37)28-20(3)32-18-33-21(28)4/h5-9,18-19,23-26,29,31H,10-17H2,1-4H3/t23?,25?,26?,29-/m0/s1. The van der Waals surface area contributed by atoms with E-state index in [9.17, 15) is 9.59 Å². The van der Waals surface area contributed by atoms with Gasteiger partial charge in [-0.1, -0.05) is 44.2 Å². The molecule has 3 aliphatic heterocycles. The van der Waals surface area contributed by atoms with Crippen LogP contribution in [-0.2, 0) is 4.79 Å². The zero-order valence-corrected chi connectivity index (χ0v) is 22.7. The fraction of sp³-hybridized carbons (Fsp3) is 0.600. The molecule has 3 unspecified atom stereocenters. The van der Waals surface area contributed by atoms with Crippen LogP contribution in [-0.4, -0.2) is 76.8 Å². The van der Waals surface area contributed by atoms with Crippen molar-refractivity contribution in [3.05, 3.63) is 59.2 Å². The third kappa shape index (κ3) is 5.34. The average Bonchev–Trinajstić information content (AvgIpc) is 3.41. The third-order valence-corrected chi connectivity index (χ3v) is 8.77. The van der Waals surface area contributed by atoms with Gasteiger partial charge in [-0.2, -0.15) is 0 Å². The van der Waals surface area contributed by atoms with Gasteiger partial charge in [-0.15, -0.1) is 0 Å². The Bertz CT molecular complexity index is 1090. The molecule has 2 aromatic rings. The van der Waals surface area contributed by atoms with Crippen molar-refractivity contribution >= 4 is 11.7 Å². The zero-order valence-electron chi connectivity index (χ0n) is 22.7. The van der Waals surface area contributed by atoms with Gasteiger partial charge in [0.2, 0.25) is 5.91 Å². The Labute approximate surface area is 221 Å². The molecule has 0 saturated carbocycles. The van der Waals surface area contributed by atoms with Crippen LogP contribution in [0.5, 0.6) is 0 Å². The van der Waals surface area contributed by atoms with E-state index < -0.39 is 0 Å². The molecule has 1 aromatic carbocycles. The second kappa shape index (κ2) is 11.0. The Morgan fingerprint density at radius 1 is 1.03 bits per heavy atom. The summed E-state index contributed by atoms with van der Waals surface area (Å²) < 4.78 is 0. The molecule has 1 amide bonds. The fourth-order valence-electron chi connectivity index (χ4n) is 6.83. The van der Waals surface area contributed by atoms with Crippen molar-refractivity contribution in [2.45, 2.75) is 52.5 Å². The lowest BCUT2D eigenvalue weighted by molar-refractivity contribution is -0.139. The second-order valence-corrected chi connectivity index (χ2v) is 11.8. The minimum atomic E-state index is -0.134. The molecular weight excluding hydrogens is 462 g/mol. The minimum Gasteiger partial charge on any atom is -0.342 e. The predicted molar refractivity (Wildman–Crippen MR) is 144 cm³/mol. The van der Waals surface area contributed by atoms with Crippen molar-refractivity contribution in [1.82, 2.24) is 25.1 Å². The van der Waals surface area contributed by atoms with Crippen molar-refractivity contribution in [1.29, 1.82) is 0 Å². The molecule has 1 N–H and O–H groups in total. The van der Waals surface area contributed by atoms with Gasteiger partial charge in [0.15, 0.2) is 5.78 Å². The molecule has 7 nitrogen and oxygen atoms in total. The molecule has 0 bridgehead atoms. The van der Waals surface area contributed by atoms with Gasteiger partial charge < -0.3 is 10.2 Å². The molecule has 3 saturated heterocycles. The first-order valence-corrected chi connectivity index (χ1v) is 13.9. The largest absolute Gasteiger partial charge is 0.342 e.